The predicted molar refractivity (Wildman–Crippen MR) is 96.8 cm³/mol. The zero-order chi connectivity index (χ0) is 16.8. The van der Waals surface area contributed by atoms with Gasteiger partial charge in [0.25, 0.3) is 0 Å². The molecule has 0 fully saturated rings. The zero-order valence-electron chi connectivity index (χ0n) is 12.6. The summed E-state index contributed by atoms with van der Waals surface area (Å²) < 4.78 is 13.7. The maximum absolute atomic E-state index is 13.7. The summed E-state index contributed by atoms with van der Waals surface area (Å²) in [5.41, 5.74) is 0. The van der Waals surface area contributed by atoms with Gasteiger partial charge in [-0.15, -0.1) is 0 Å². The van der Waals surface area contributed by atoms with Crippen LogP contribution in [0.15, 0.2) is 42.5 Å². The van der Waals surface area contributed by atoms with Crippen molar-refractivity contribution in [1.82, 2.24) is 0 Å². The minimum atomic E-state index is -1.42. The van der Waals surface area contributed by atoms with E-state index in [9.17, 15) is 9.50 Å². The van der Waals surface area contributed by atoms with Crippen LogP contribution >= 0.6 is 25.6 Å². The molecule has 0 aliphatic carbocycles. The molecule has 0 aliphatic heterocycles. The van der Waals surface area contributed by atoms with Crippen molar-refractivity contribution in [2.75, 3.05) is 0 Å². The van der Waals surface area contributed by atoms with Crippen LogP contribution in [0, 0.1) is 5.82 Å². The number of phenolic OH excluding ortho intramolecular Hbond substituents is 1. The molecule has 118 valence electrons. The molecule has 7 heteroatoms. The van der Waals surface area contributed by atoms with Crippen molar-refractivity contribution in [2.45, 2.75) is 19.6 Å². The maximum atomic E-state index is 13.7. The van der Waals surface area contributed by atoms with Gasteiger partial charge in [-0.1, -0.05) is 63.7 Å². The van der Waals surface area contributed by atoms with E-state index in [2.05, 4.69) is 19.6 Å². The van der Waals surface area contributed by atoms with Crippen molar-refractivity contribution in [1.29, 1.82) is 0 Å². The molecular weight excluding hydrogens is 436 g/mol. The molecule has 0 aliphatic rings. The number of benzene rings is 2. The summed E-state index contributed by atoms with van der Waals surface area (Å²) in [6, 6.07) is 12.5. The van der Waals surface area contributed by atoms with Gasteiger partial charge >= 0.3 is 37.9 Å². The van der Waals surface area contributed by atoms with Crippen LogP contribution in [-0.4, -0.2) is 13.2 Å². The van der Waals surface area contributed by atoms with E-state index in [4.69, 9.17) is 17.0 Å². The molecule has 0 saturated heterocycles. The minimum absolute atomic E-state index is 0.147. The number of hydrogen-bond donors (Lipinski definition) is 1. The summed E-state index contributed by atoms with van der Waals surface area (Å²) in [5, 5.41) is 12.7. The van der Waals surface area contributed by atoms with Crippen molar-refractivity contribution in [3.05, 3.63) is 48.3 Å². The molecule has 0 amide bonds. The van der Waals surface area contributed by atoms with Gasteiger partial charge in [0.1, 0.15) is 11.6 Å². The van der Waals surface area contributed by atoms with E-state index in [-0.39, 0.29) is 20.1 Å². The molecule has 1 nitrogen and oxygen atoms in total. The van der Waals surface area contributed by atoms with E-state index in [1.807, 2.05) is 18.2 Å². The van der Waals surface area contributed by atoms with E-state index in [1.54, 1.807) is 18.2 Å². The van der Waals surface area contributed by atoms with E-state index in [0.717, 1.165) is 5.30 Å². The Bertz CT molecular complexity index is 623. The Balaban J connectivity index is 0.000000745. The molecule has 2 rings (SSSR count). The van der Waals surface area contributed by atoms with Gasteiger partial charge in [0.05, 0.1) is 8.07 Å². The van der Waals surface area contributed by atoms with Crippen LogP contribution in [-0.2, 0) is 20.8 Å². The first kappa shape index (κ1) is 20.3. The van der Waals surface area contributed by atoms with Crippen LogP contribution in [0.2, 0.25) is 19.6 Å². The van der Waals surface area contributed by atoms with Gasteiger partial charge in [-0.05, 0) is 12.1 Å². The van der Waals surface area contributed by atoms with Crippen molar-refractivity contribution < 1.29 is 30.3 Å². The molecule has 1 atom stereocenters. The third-order valence-corrected chi connectivity index (χ3v) is 6.39. The molecule has 0 aromatic heterocycles. The second-order valence-corrected chi connectivity index (χ2v) is 15.8. The van der Waals surface area contributed by atoms with Crippen LogP contribution in [0.3, 0.4) is 0 Å². The summed E-state index contributed by atoms with van der Waals surface area (Å²) >= 11 is -0.826. The molecule has 2 aromatic rings. The first-order chi connectivity index (χ1) is 10.3. The molecule has 0 saturated carbocycles. The molecule has 1 unspecified atom stereocenters. The van der Waals surface area contributed by atoms with Crippen LogP contribution in [0.4, 0.5) is 4.39 Å². The first-order valence-corrected chi connectivity index (χ1v) is 17.4. The second-order valence-electron chi connectivity index (χ2n) is 5.66. The summed E-state index contributed by atoms with van der Waals surface area (Å²) in [6.07, 6.45) is 0. The Labute approximate surface area is 152 Å². The van der Waals surface area contributed by atoms with Gasteiger partial charge in [0, 0.05) is 10.6 Å². The molecule has 0 spiro atoms. The average Bonchev–Trinajstić information content (AvgIpc) is 2.43. The fraction of sp³-hybridized carbons (Fsp3) is 0.200. The molecule has 1 N–H and O–H groups in total. The standard InChI is InChI=1S/C15H18FOPSi.2ClH.Zr/c1-19(2,3)11-8-9-13(17)15(10-11)18-14-7-5-4-6-12(14)16;;;/h4-10,17-18H,1-3H3;2*1H;/q;;;+2/p-2. The Hall–Kier alpha value is 0.280. The van der Waals surface area contributed by atoms with Crippen LogP contribution in [0.5, 0.6) is 5.75 Å². The topological polar surface area (TPSA) is 20.2 Å². The zero-order valence-corrected chi connectivity index (χ0v) is 18.6. The fourth-order valence-electron chi connectivity index (χ4n) is 1.81. The van der Waals surface area contributed by atoms with E-state index in [0.29, 0.717) is 5.30 Å². The van der Waals surface area contributed by atoms with Gasteiger partial charge in [0.15, 0.2) is 0 Å². The summed E-state index contributed by atoms with van der Waals surface area (Å²) in [4.78, 5) is 0. The third-order valence-electron chi connectivity index (χ3n) is 3.01. The van der Waals surface area contributed by atoms with Crippen LogP contribution in [0.1, 0.15) is 0 Å². The Morgan fingerprint density at radius 2 is 1.64 bits per heavy atom. The normalized spacial score (nSPS) is 11.2. The predicted octanol–water partition coefficient (Wildman–Crippen LogP) is 4.08. The number of rotatable bonds is 3. The molecule has 0 radical (unpaired) electrons. The van der Waals surface area contributed by atoms with Crippen molar-refractivity contribution in [3.8, 4) is 5.75 Å². The SMILES string of the molecule is C[Si](C)(C)c1ccc(O)c(Pc2ccccc2F)c1.[Cl][Zr][Cl]. The quantitative estimate of drug-likeness (QED) is 0.548. The third kappa shape index (κ3) is 6.42. The monoisotopic (exact) mass is 452 g/mol. The Morgan fingerprint density at radius 3 is 2.18 bits per heavy atom. The molecule has 0 heterocycles. The molecule has 0 bridgehead atoms. The number of halogens is 3. The Morgan fingerprint density at radius 1 is 1.05 bits per heavy atom. The van der Waals surface area contributed by atoms with Crippen molar-refractivity contribution in [3.63, 3.8) is 0 Å². The first-order valence-electron chi connectivity index (χ1n) is 6.61. The number of hydrogen-bond acceptors (Lipinski definition) is 1. The summed E-state index contributed by atoms with van der Waals surface area (Å²) in [6.45, 7) is 6.78. The number of aromatic hydroxyl groups is 1. The van der Waals surface area contributed by atoms with Gasteiger partial charge in [-0.2, -0.15) is 0 Å². The van der Waals surface area contributed by atoms with Crippen molar-refractivity contribution in [2.24, 2.45) is 0 Å². The fourth-order valence-corrected chi connectivity index (χ4v) is 4.23. The average molecular weight is 454 g/mol. The van der Waals surface area contributed by atoms with Crippen LogP contribution < -0.4 is 15.8 Å². The number of phenols is 1. The Kier molecular flexibility index (Phi) is 8.82. The van der Waals surface area contributed by atoms with E-state index in [1.165, 1.54) is 11.3 Å². The summed E-state index contributed by atoms with van der Waals surface area (Å²) in [7, 11) is 8.60. The van der Waals surface area contributed by atoms with Gasteiger partial charge < -0.3 is 5.11 Å². The van der Waals surface area contributed by atoms with E-state index >= 15 is 0 Å². The van der Waals surface area contributed by atoms with Crippen molar-refractivity contribution >= 4 is 49.5 Å². The molecule has 22 heavy (non-hydrogen) atoms. The molecular formula is C15H18Cl2FOPSiZr. The van der Waals surface area contributed by atoms with Gasteiger partial charge in [0.2, 0.25) is 0 Å². The summed E-state index contributed by atoms with van der Waals surface area (Å²) in [5.74, 6) is 0.0437. The molecule has 2 aromatic carbocycles. The van der Waals surface area contributed by atoms with Crippen LogP contribution in [0.25, 0.3) is 0 Å². The van der Waals surface area contributed by atoms with Gasteiger partial charge in [-0.25, -0.2) is 4.39 Å². The van der Waals surface area contributed by atoms with E-state index < -0.39 is 28.9 Å². The second kappa shape index (κ2) is 9.55. The van der Waals surface area contributed by atoms with Gasteiger partial charge in [-0.3, -0.25) is 0 Å².